The van der Waals surface area contributed by atoms with Gasteiger partial charge in [-0.2, -0.15) is 0 Å². The van der Waals surface area contributed by atoms with Crippen LogP contribution in [-0.4, -0.2) is 27.3 Å². The molecule has 0 bridgehead atoms. The van der Waals surface area contributed by atoms with Gasteiger partial charge in [0.25, 0.3) is 0 Å². The molecule has 0 aliphatic carbocycles. The Hall–Kier alpha value is -2.18. The molecule has 3 aromatic rings. The number of hydrogen-bond donors (Lipinski definition) is 1. The molecule has 0 aliphatic heterocycles. The van der Waals surface area contributed by atoms with Crippen LogP contribution >= 0.6 is 23.1 Å². The van der Waals surface area contributed by atoms with E-state index in [9.17, 15) is 9.90 Å². The Bertz CT molecular complexity index is 917. The molecule has 6 heteroatoms. The maximum absolute atomic E-state index is 11.6. The molecule has 0 unspecified atom stereocenters. The highest BCUT2D eigenvalue weighted by Crippen LogP contribution is 2.39. The molecular formula is C17H14N2O2S2. The Morgan fingerprint density at radius 2 is 1.96 bits per heavy atom. The van der Waals surface area contributed by atoms with Crippen molar-refractivity contribution >= 4 is 44.9 Å². The number of thioether (sulfide) groups is 1. The molecular weight excluding hydrogens is 328 g/mol. The Balaban J connectivity index is 2.36. The lowest BCUT2D eigenvalue weighted by Gasteiger charge is -2.06. The van der Waals surface area contributed by atoms with Gasteiger partial charge in [-0.25, -0.2) is 14.8 Å². The first-order chi connectivity index (χ1) is 11.0. The largest absolute Gasteiger partial charge is 0.477 e. The summed E-state index contributed by atoms with van der Waals surface area (Å²) in [5.74, 6) is -0.354. The first-order valence-electron chi connectivity index (χ1n) is 6.86. The van der Waals surface area contributed by atoms with Gasteiger partial charge in [-0.3, -0.25) is 0 Å². The summed E-state index contributed by atoms with van der Waals surface area (Å²) in [6.07, 6.45) is 1.93. The van der Waals surface area contributed by atoms with E-state index in [1.165, 1.54) is 23.1 Å². The van der Waals surface area contributed by atoms with Crippen LogP contribution < -0.4 is 0 Å². The summed E-state index contributed by atoms with van der Waals surface area (Å²) in [7, 11) is 0. The van der Waals surface area contributed by atoms with E-state index in [2.05, 4.69) is 16.5 Å². The molecule has 1 aromatic carbocycles. The zero-order chi connectivity index (χ0) is 16.6. The lowest BCUT2D eigenvalue weighted by molar-refractivity contribution is 0.0702. The Kier molecular flexibility index (Phi) is 4.19. The smallest absolute Gasteiger partial charge is 0.346 e. The Labute approximate surface area is 141 Å². The van der Waals surface area contributed by atoms with Crippen LogP contribution in [0.3, 0.4) is 0 Å². The van der Waals surface area contributed by atoms with Crippen LogP contribution in [0.2, 0.25) is 0 Å². The van der Waals surface area contributed by atoms with E-state index in [4.69, 9.17) is 0 Å². The van der Waals surface area contributed by atoms with Crippen molar-refractivity contribution in [1.29, 1.82) is 0 Å². The van der Waals surface area contributed by atoms with Crippen LogP contribution in [-0.2, 0) is 0 Å². The minimum atomic E-state index is -0.959. The van der Waals surface area contributed by atoms with E-state index < -0.39 is 5.97 Å². The third kappa shape index (κ3) is 2.75. The lowest BCUT2D eigenvalue weighted by atomic mass is 10.1. The van der Waals surface area contributed by atoms with Crippen LogP contribution in [0, 0.1) is 0 Å². The van der Waals surface area contributed by atoms with Gasteiger partial charge in [0.05, 0.1) is 5.39 Å². The van der Waals surface area contributed by atoms with Gasteiger partial charge in [0.1, 0.15) is 14.7 Å². The minimum Gasteiger partial charge on any atom is -0.477 e. The molecule has 0 radical (unpaired) electrons. The number of rotatable bonds is 4. The highest BCUT2D eigenvalue weighted by Gasteiger charge is 2.23. The highest BCUT2D eigenvalue weighted by molar-refractivity contribution is 7.98. The zero-order valence-electron chi connectivity index (χ0n) is 12.7. The number of carboxylic acids is 1. The number of allylic oxidation sites excluding steroid dienone is 1. The van der Waals surface area contributed by atoms with Crippen molar-refractivity contribution in [3.8, 4) is 11.4 Å². The molecule has 2 aromatic heterocycles. The molecule has 4 nitrogen and oxygen atoms in total. The molecule has 0 amide bonds. The summed E-state index contributed by atoms with van der Waals surface area (Å²) in [6, 6.07) is 9.67. The molecule has 0 fully saturated rings. The third-order valence-electron chi connectivity index (χ3n) is 3.36. The number of carbonyl (C=O) groups is 1. The number of hydrogen-bond acceptors (Lipinski definition) is 5. The van der Waals surface area contributed by atoms with E-state index in [1.54, 1.807) is 0 Å². The molecule has 0 atom stereocenters. The topological polar surface area (TPSA) is 63.1 Å². The third-order valence-corrected chi connectivity index (χ3v) is 5.12. The second-order valence-electron chi connectivity index (χ2n) is 4.99. The number of carboxylic acid groups (broad SMARTS) is 1. The second-order valence-corrected chi connectivity index (χ2v) is 6.79. The van der Waals surface area contributed by atoms with Crippen molar-refractivity contribution in [3.63, 3.8) is 0 Å². The summed E-state index contributed by atoms with van der Waals surface area (Å²) in [6.45, 7) is 5.73. The second kappa shape index (κ2) is 6.14. The van der Waals surface area contributed by atoms with Gasteiger partial charge >= 0.3 is 5.97 Å². The number of aromatic carboxylic acids is 1. The fourth-order valence-corrected chi connectivity index (χ4v) is 4.13. The number of nitrogens with zero attached hydrogens (tertiary/aromatic N) is 2. The maximum Gasteiger partial charge on any atom is 0.346 e. The molecule has 116 valence electrons. The van der Waals surface area contributed by atoms with Crippen LogP contribution in [0.1, 0.15) is 22.2 Å². The predicted octanol–water partition coefficient (Wildman–Crippen LogP) is 4.81. The van der Waals surface area contributed by atoms with Crippen molar-refractivity contribution < 1.29 is 9.90 Å². The SMILES string of the molecule is C=C(C)c1c(C(=O)O)sc2nc(-c3ccccc3)nc(SC)c12. The van der Waals surface area contributed by atoms with E-state index in [0.717, 1.165) is 16.0 Å². The van der Waals surface area contributed by atoms with Crippen molar-refractivity contribution in [2.45, 2.75) is 11.9 Å². The highest BCUT2D eigenvalue weighted by atomic mass is 32.2. The summed E-state index contributed by atoms with van der Waals surface area (Å²) >= 11 is 2.66. The Morgan fingerprint density at radius 1 is 1.26 bits per heavy atom. The zero-order valence-corrected chi connectivity index (χ0v) is 14.3. The quantitative estimate of drug-likeness (QED) is 0.544. The van der Waals surface area contributed by atoms with Crippen molar-refractivity contribution in [1.82, 2.24) is 9.97 Å². The Morgan fingerprint density at radius 3 is 2.52 bits per heavy atom. The lowest BCUT2D eigenvalue weighted by Crippen LogP contribution is -1.97. The molecule has 23 heavy (non-hydrogen) atoms. The molecule has 0 saturated heterocycles. The standard InChI is InChI=1S/C17H14N2O2S2/c1-9(2)11-12-15(22-3)18-14(10-7-5-4-6-8-10)19-16(12)23-13(11)17(20)21/h4-8H,1H2,2-3H3,(H,20,21). The van der Waals surface area contributed by atoms with Gasteiger partial charge in [0, 0.05) is 11.1 Å². The molecule has 1 N–H and O–H groups in total. The van der Waals surface area contributed by atoms with Crippen molar-refractivity contribution in [2.24, 2.45) is 0 Å². The normalized spacial score (nSPS) is 10.9. The number of aromatic nitrogens is 2. The van der Waals surface area contributed by atoms with Crippen LogP contribution in [0.25, 0.3) is 27.2 Å². The van der Waals surface area contributed by atoms with Gasteiger partial charge < -0.3 is 5.11 Å². The van der Waals surface area contributed by atoms with Crippen molar-refractivity contribution in [3.05, 3.63) is 47.4 Å². The first kappa shape index (κ1) is 15.7. The van der Waals surface area contributed by atoms with E-state index in [0.29, 0.717) is 21.8 Å². The number of thiophene rings is 1. The van der Waals surface area contributed by atoms with Crippen LogP contribution in [0.15, 0.2) is 41.9 Å². The first-order valence-corrected chi connectivity index (χ1v) is 8.90. The summed E-state index contributed by atoms with van der Waals surface area (Å²) < 4.78 is 0. The maximum atomic E-state index is 11.6. The average molecular weight is 342 g/mol. The molecule has 0 saturated carbocycles. The van der Waals surface area contributed by atoms with Gasteiger partial charge in [-0.15, -0.1) is 23.1 Å². The van der Waals surface area contributed by atoms with Gasteiger partial charge in [0.2, 0.25) is 0 Å². The van der Waals surface area contributed by atoms with E-state index in [1.807, 2.05) is 43.5 Å². The van der Waals surface area contributed by atoms with Gasteiger partial charge in [-0.1, -0.05) is 36.9 Å². The van der Waals surface area contributed by atoms with E-state index >= 15 is 0 Å². The van der Waals surface area contributed by atoms with Crippen LogP contribution in [0.5, 0.6) is 0 Å². The summed E-state index contributed by atoms with van der Waals surface area (Å²) in [5, 5.41) is 11.0. The predicted molar refractivity (Wildman–Crippen MR) is 96.3 cm³/mol. The van der Waals surface area contributed by atoms with Gasteiger partial charge in [-0.05, 0) is 18.8 Å². The van der Waals surface area contributed by atoms with E-state index in [-0.39, 0.29) is 4.88 Å². The van der Waals surface area contributed by atoms with Crippen molar-refractivity contribution in [2.75, 3.05) is 6.26 Å². The molecule has 0 aliphatic rings. The average Bonchev–Trinajstić information content (AvgIpc) is 2.94. The fraction of sp³-hybridized carbons (Fsp3) is 0.118. The minimum absolute atomic E-state index is 0.266. The fourth-order valence-electron chi connectivity index (χ4n) is 2.39. The molecule has 0 spiro atoms. The van der Waals surface area contributed by atoms with Crippen LogP contribution in [0.4, 0.5) is 0 Å². The summed E-state index contributed by atoms with van der Waals surface area (Å²) in [4.78, 5) is 21.7. The van der Waals surface area contributed by atoms with Gasteiger partial charge in [0.15, 0.2) is 5.82 Å². The summed E-state index contributed by atoms with van der Waals surface area (Å²) in [5.41, 5.74) is 2.26. The number of benzene rings is 1. The number of fused-ring (bicyclic) bond motifs is 1. The molecule has 3 rings (SSSR count). The molecule has 2 heterocycles. The monoisotopic (exact) mass is 342 g/mol.